The van der Waals surface area contributed by atoms with Crippen molar-refractivity contribution in [2.24, 2.45) is 18.9 Å². The lowest BCUT2D eigenvalue weighted by Gasteiger charge is -2.33. The second kappa shape index (κ2) is 9.08. The third-order valence-electron chi connectivity index (χ3n) is 9.37. The summed E-state index contributed by atoms with van der Waals surface area (Å²) in [6.07, 6.45) is 9.11. The highest BCUT2D eigenvalue weighted by atomic mass is 16.5. The summed E-state index contributed by atoms with van der Waals surface area (Å²) in [6.45, 7) is 7.47. The molecule has 3 aliphatic carbocycles. The highest BCUT2D eigenvalue weighted by molar-refractivity contribution is 5.71. The molecule has 2 N–H and O–H groups in total. The summed E-state index contributed by atoms with van der Waals surface area (Å²) >= 11 is 0. The maximum absolute atomic E-state index is 11.2. The smallest absolute Gasteiger partial charge is 0.306 e. The van der Waals surface area contributed by atoms with Gasteiger partial charge in [-0.25, -0.2) is 0 Å². The van der Waals surface area contributed by atoms with Crippen molar-refractivity contribution >= 4 is 5.97 Å². The first kappa shape index (κ1) is 24.6. The van der Waals surface area contributed by atoms with Crippen molar-refractivity contribution in [2.75, 3.05) is 7.11 Å². The number of aliphatic carboxylic acids is 1. The number of carboxylic acid groups (broad SMARTS) is 1. The van der Waals surface area contributed by atoms with Gasteiger partial charge in [0.15, 0.2) is 0 Å². The number of methoxy groups -OCH3 is 1. The number of nitrogens with one attached hydrogen (secondary N) is 1. The van der Waals surface area contributed by atoms with E-state index in [-0.39, 0.29) is 16.9 Å². The molecule has 5 heteroatoms. The lowest BCUT2D eigenvalue weighted by atomic mass is 9.80. The van der Waals surface area contributed by atoms with Crippen LogP contribution in [0, 0.1) is 11.8 Å². The molecule has 5 nitrogen and oxygen atoms in total. The van der Waals surface area contributed by atoms with Crippen LogP contribution in [0.2, 0.25) is 0 Å². The van der Waals surface area contributed by atoms with Crippen molar-refractivity contribution in [1.82, 2.24) is 9.88 Å². The number of benzene rings is 1. The zero-order valence-corrected chi connectivity index (χ0v) is 22.1. The summed E-state index contributed by atoms with van der Waals surface area (Å²) in [7, 11) is 4.01. The second-order valence-corrected chi connectivity index (χ2v) is 12.2. The van der Waals surface area contributed by atoms with Crippen molar-refractivity contribution in [3.63, 3.8) is 0 Å². The van der Waals surface area contributed by atoms with E-state index in [1.165, 1.54) is 65.7 Å². The summed E-state index contributed by atoms with van der Waals surface area (Å²) in [4.78, 5) is 11.2. The van der Waals surface area contributed by atoms with Crippen molar-refractivity contribution in [3.8, 4) is 11.1 Å². The summed E-state index contributed by atoms with van der Waals surface area (Å²) < 4.78 is 8.31. The minimum Gasteiger partial charge on any atom is -0.481 e. The highest BCUT2D eigenvalue weighted by Gasteiger charge is 2.40. The van der Waals surface area contributed by atoms with Crippen LogP contribution in [0.3, 0.4) is 0 Å². The van der Waals surface area contributed by atoms with E-state index in [0.29, 0.717) is 6.04 Å². The van der Waals surface area contributed by atoms with Gasteiger partial charge in [0.2, 0.25) is 0 Å². The van der Waals surface area contributed by atoms with Crippen LogP contribution < -0.4 is 5.32 Å². The Morgan fingerprint density at radius 2 is 1.91 bits per heavy atom. The van der Waals surface area contributed by atoms with E-state index < -0.39 is 5.97 Å². The predicted molar refractivity (Wildman–Crippen MR) is 140 cm³/mol. The SMILES string of the molecule is COC(C)(C)c1cc(-c2cc(CNC3CC(C(=O)O)C3)n(C)c2CC2CCC2)cc(C2(C)CC2)c1. The van der Waals surface area contributed by atoms with Gasteiger partial charge in [-0.05, 0) is 86.1 Å². The Balaban J connectivity index is 1.48. The van der Waals surface area contributed by atoms with Gasteiger partial charge in [-0.2, -0.15) is 0 Å². The maximum atomic E-state index is 11.2. The molecule has 0 bridgehead atoms. The topological polar surface area (TPSA) is 63.5 Å². The Labute approximate surface area is 210 Å². The largest absolute Gasteiger partial charge is 0.481 e. The number of nitrogens with zero attached hydrogens (tertiary/aromatic N) is 1. The van der Waals surface area contributed by atoms with E-state index >= 15 is 0 Å². The van der Waals surface area contributed by atoms with Crippen LogP contribution >= 0.6 is 0 Å². The second-order valence-electron chi connectivity index (χ2n) is 12.2. The molecule has 0 amide bonds. The molecular weight excluding hydrogens is 436 g/mol. The molecule has 35 heavy (non-hydrogen) atoms. The molecule has 1 aromatic carbocycles. The fourth-order valence-corrected chi connectivity index (χ4v) is 5.65. The Morgan fingerprint density at radius 1 is 1.20 bits per heavy atom. The summed E-state index contributed by atoms with van der Waals surface area (Å²) in [5.74, 6) is -0.0594. The number of carbonyl (C=O) groups is 1. The molecule has 0 radical (unpaired) electrons. The number of hydrogen-bond donors (Lipinski definition) is 2. The molecule has 0 atom stereocenters. The van der Waals surface area contributed by atoms with Gasteiger partial charge >= 0.3 is 5.97 Å². The van der Waals surface area contributed by atoms with Gasteiger partial charge in [-0.3, -0.25) is 4.79 Å². The average Bonchev–Trinajstić information content (AvgIpc) is 3.44. The Kier molecular flexibility index (Phi) is 6.38. The molecular formula is C30H42N2O3. The van der Waals surface area contributed by atoms with Gasteiger partial charge in [0.1, 0.15) is 0 Å². The fourth-order valence-electron chi connectivity index (χ4n) is 5.65. The fraction of sp³-hybridized carbons (Fsp3) is 0.633. The molecule has 0 saturated heterocycles. The van der Waals surface area contributed by atoms with E-state index in [2.05, 4.69) is 62.0 Å². The van der Waals surface area contributed by atoms with Crippen LogP contribution in [0.15, 0.2) is 24.3 Å². The van der Waals surface area contributed by atoms with Gasteiger partial charge < -0.3 is 19.7 Å². The minimum atomic E-state index is -0.661. The van der Waals surface area contributed by atoms with Crippen LogP contribution in [0.4, 0.5) is 0 Å². The van der Waals surface area contributed by atoms with E-state index in [1.54, 1.807) is 7.11 Å². The molecule has 0 aliphatic heterocycles. The summed E-state index contributed by atoms with van der Waals surface area (Å²) in [6, 6.07) is 9.83. The van der Waals surface area contributed by atoms with E-state index in [9.17, 15) is 9.90 Å². The van der Waals surface area contributed by atoms with Crippen molar-refractivity contribution in [2.45, 2.75) is 95.7 Å². The van der Waals surface area contributed by atoms with Crippen molar-refractivity contribution < 1.29 is 14.6 Å². The van der Waals surface area contributed by atoms with Crippen LogP contribution in [-0.4, -0.2) is 28.8 Å². The first-order valence-corrected chi connectivity index (χ1v) is 13.4. The number of rotatable bonds is 10. The molecule has 3 fully saturated rings. The van der Waals surface area contributed by atoms with Crippen LogP contribution in [0.25, 0.3) is 11.1 Å². The molecule has 5 rings (SSSR count). The lowest BCUT2D eigenvalue weighted by Crippen LogP contribution is -2.44. The Morgan fingerprint density at radius 3 is 2.49 bits per heavy atom. The summed E-state index contributed by atoms with van der Waals surface area (Å²) in [5, 5.41) is 12.8. The molecule has 3 saturated carbocycles. The summed E-state index contributed by atoms with van der Waals surface area (Å²) in [5.41, 5.74) is 8.00. The third kappa shape index (κ3) is 4.82. The zero-order valence-electron chi connectivity index (χ0n) is 22.1. The molecule has 3 aliphatic rings. The quantitative estimate of drug-likeness (QED) is 0.445. The predicted octanol–water partition coefficient (Wildman–Crippen LogP) is 5.92. The van der Waals surface area contributed by atoms with Gasteiger partial charge in [-0.15, -0.1) is 0 Å². The lowest BCUT2D eigenvalue weighted by molar-refractivity contribution is -0.145. The van der Waals surface area contributed by atoms with E-state index in [1.807, 2.05) is 0 Å². The normalized spacial score (nSPS) is 23.6. The molecule has 190 valence electrons. The number of carboxylic acids is 1. The molecule has 1 aromatic heterocycles. The third-order valence-corrected chi connectivity index (χ3v) is 9.37. The molecule has 0 unspecified atom stereocenters. The van der Waals surface area contributed by atoms with Crippen molar-refractivity contribution in [3.05, 3.63) is 46.8 Å². The average molecular weight is 479 g/mol. The number of aromatic nitrogens is 1. The van der Waals surface area contributed by atoms with Gasteiger partial charge in [0.05, 0.1) is 11.5 Å². The Bertz CT molecular complexity index is 1100. The van der Waals surface area contributed by atoms with Crippen molar-refractivity contribution in [1.29, 1.82) is 0 Å². The first-order valence-electron chi connectivity index (χ1n) is 13.4. The minimum absolute atomic E-state index is 0.181. The first-order chi connectivity index (χ1) is 16.6. The van der Waals surface area contributed by atoms with Crippen LogP contribution in [0.5, 0.6) is 0 Å². The molecule has 0 spiro atoms. The van der Waals surface area contributed by atoms with Crippen LogP contribution in [0.1, 0.15) is 88.2 Å². The molecule has 2 aromatic rings. The zero-order chi connectivity index (χ0) is 25.0. The van der Waals surface area contributed by atoms with E-state index in [0.717, 1.165) is 31.7 Å². The van der Waals surface area contributed by atoms with Crippen LogP contribution in [-0.2, 0) is 40.6 Å². The maximum Gasteiger partial charge on any atom is 0.306 e. The van der Waals surface area contributed by atoms with Gasteiger partial charge in [0, 0.05) is 43.7 Å². The highest BCUT2D eigenvalue weighted by Crippen LogP contribution is 2.49. The van der Waals surface area contributed by atoms with E-state index in [4.69, 9.17) is 4.74 Å². The standard InChI is InChI=1S/C30H42N2O3/c1-29(2,35-5)22-12-20(13-23(16-22)30(3)9-10-30)26-17-25(18-31-24-14-21(15-24)28(33)34)32(4)27(26)11-19-7-6-8-19/h12-13,16-17,19,21,24,31H,6-11,14-15,18H2,1-5H3,(H,33,34). The molecule has 1 heterocycles. The number of ether oxygens (including phenoxy) is 1. The van der Waals surface area contributed by atoms with Gasteiger partial charge in [0.25, 0.3) is 0 Å². The Hall–Kier alpha value is -2.11. The van der Waals surface area contributed by atoms with Gasteiger partial charge in [-0.1, -0.05) is 38.3 Å². The number of hydrogen-bond acceptors (Lipinski definition) is 3. The monoisotopic (exact) mass is 478 g/mol.